The number of aryl methyl sites for hydroxylation is 2. The van der Waals surface area contributed by atoms with E-state index in [9.17, 15) is 15.2 Å². The van der Waals surface area contributed by atoms with Gasteiger partial charge in [0.05, 0.1) is 24.9 Å². The van der Waals surface area contributed by atoms with Gasteiger partial charge < -0.3 is 19.6 Å². The fourth-order valence-corrected chi connectivity index (χ4v) is 5.14. The summed E-state index contributed by atoms with van der Waals surface area (Å²) in [5.74, 6) is 0.460. The number of amides is 1. The van der Waals surface area contributed by atoms with Crippen molar-refractivity contribution < 1.29 is 14.6 Å². The van der Waals surface area contributed by atoms with Gasteiger partial charge in [-0.1, -0.05) is 6.07 Å². The summed E-state index contributed by atoms with van der Waals surface area (Å²) in [6, 6.07) is 10.2. The molecule has 39 heavy (non-hydrogen) atoms. The number of hydrogen-bond donors (Lipinski definition) is 1. The molecule has 0 spiro atoms. The molecule has 0 saturated heterocycles. The number of nitrogens with zero attached hydrogens (tertiary/aromatic N) is 5. The third-order valence-corrected chi connectivity index (χ3v) is 7.03. The molecule has 1 aromatic carbocycles. The smallest absolute Gasteiger partial charge is 0.254 e. The van der Waals surface area contributed by atoms with Crippen LogP contribution in [-0.2, 0) is 19.4 Å². The second-order valence-corrected chi connectivity index (χ2v) is 10.4. The third-order valence-electron chi connectivity index (χ3n) is 7.03. The van der Waals surface area contributed by atoms with E-state index in [1.54, 1.807) is 13.0 Å². The molecule has 8 heteroatoms. The van der Waals surface area contributed by atoms with Gasteiger partial charge in [0, 0.05) is 54.9 Å². The standard InChI is InChI=1S/C31H37N5O3/c1-6-39-30-14-25(34-17-24(30)15-32)19-36-10-8-26-28(27-11-20(2)16-33-22(27)4)12-23(13-29(26)31(36)38)7-9-35(5)18-21(3)37/h11-14,16-17,21,37H,6-10,18-19H2,1-5H3. The summed E-state index contributed by atoms with van der Waals surface area (Å²) < 4.78 is 5.62. The van der Waals surface area contributed by atoms with Gasteiger partial charge >= 0.3 is 0 Å². The zero-order valence-electron chi connectivity index (χ0n) is 23.5. The molecule has 1 aliphatic rings. The van der Waals surface area contributed by atoms with E-state index in [2.05, 4.69) is 33.1 Å². The third kappa shape index (κ3) is 6.62. The molecule has 0 bridgehead atoms. The Hall–Kier alpha value is -3.80. The number of likely N-dealkylation sites (N-methyl/N-ethyl adjacent to an activating group) is 1. The maximum Gasteiger partial charge on any atom is 0.254 e. The molecular weight excluding hydrogens is 490 g/mol. The van der Waals surface area contributed by atoms with Gasteiger partial charge in [0.2, 0.25) is 0 Å². The molecule has 8 nitrogen and oxygen atoms in total. The molecule has 204 valence electrons. The molecule has 4 rings (SSSR count). The van der Waals surface area contributed by atoms with Gasteiger partial charge in [0.25, 0.3) is 5.91 Å². The van der Waals surface area contributed by atoms with Gasteiger partial charge in [-0.05, 0) is 82.0 Å². The molecule has 1 amide bonds. The molecule has 1 aliphatic heterocycles. The lowest BCUT2D eigenvalue weighted by molar-refractivity contribution is 0.0724. The molecule has 3 heterocycles. The summed E-state index contributed by atoms with van der Waals surface area (Å²) in [4.78, 5) is 26.8. The number of carbonyl (C=O) groups excluding carboxylic acids is 1. The van der Waals surface area contributed by atoms with E-state index in [1.807, 2.05) is 45.0 Å². The van der Waals surface area contributed by atoms with Gasteiger partial charge in [0.1, 0.15) is 17.4 Å². The van der Waals surface area contributed by atoms with E-state index < -0.39 is 6.10 Å². The van der Waals surface area contributed by atoms with Crippen molar-refractivity contribution in [2.45, 2.75) is 53.2 Å². The van der Waals surface area contributed by atoms with E-state index in [1.165, 1.54) is 6.20 Å². The van der Waals surface area contributed by atoms with Crippen molar-refractivity contribution in [3.8, 4) is 22.9 Å². The summed E-state index contributed by atoms with van der Waals surface area (Å²) in [6.07, 6.45) is 4.46. The highest BCUT2D eigenvalue weighted by Crippen LogP contribution is 2.34. The van der Waals surface area contributed by atoms with Crippen LogP contribution in [0, 0.1) is 25.2 Å². The van der Waals surface area contributed by atoms with E-state index in [0.29, 0.717) is 48.8 Å². The number of aliphatic hydroxyl groups is 1. The molecule has 1 unspecified atom stereocenters. The first-order valence-corrected chi connectivity index (χ1v) is 13.5. The molecule has 1 N–H and O–H groups in total. The number of aliphatic hydroxyl groups excluding tert-OH is 1. The monoisotopic (exact) mass is 527 g/mol. The van der Waals surface area contributed by atoms with E-state index in [4.69, 9.17) is 4.74 Å². The Morgan fingerprint density at radius 1 is 1.15 bits per heavy atom. The number of benzene rings is 1. The quantitative estimate of drug-likeness (QED) is 0.424. The molecule has 2 aromatic heterocycles. The zero-order chi connectivity index (χ0) is 28.1. The normalized spacial score (nSPS) is 13.8. The van der Waals surface area contributed by atoms with Crippen LogP contribution in [0.5, 0.6) is 5.75 Å². The Morgan fingerprint density at radius 3 is 2.64 bits per heavy atom. The fourth-order valence-electron chi connectivity index (χ4n) is 5.14. The lowest BCUT2D eigenvalue weighted by Crippen LogP contribution is -2.37. The van der Waals surface area contributed by atoms with Crippen molar-refractivity contribution in [1.29, 1.82) is 5.26 Å². The zero-order valence-corrected chi connectivity index (χ0v) is 23.5. The highest BCUT2D eigenvalue weighted by atomic mass is 16.5. The summed E-state index contributed by atoms with van der Waals surface area (Å²) in [7, 11) is 1.99. The second kappa shape index (κ2) is 12.4. The van der Waals surface area contributed by atoms with Crippen LogP contribution < -0.4 is 4.74 Å². The minimum atomic E-state index is -0.399. The summed E-state index contributed by atoms with van der Waals surface area (Å²) in [5, 5.41) is 19.1. The van der Waals surface area contributed by atoms with Crippen molar-refractivity contribution in [3.05, 3.63) is 75.9 Å². The highest BCUT2D eigenvalue weighted by Gasteiger charge is 2.28. The predicted octanol–water partition coefficient (Wildman–Crippen LogP) is 4.08. The van der Waals surface area contributed by atoms with Crippen molar-refractivity contribution in [1.82, 2.24) is 19.8 Å². The van der Waals surface area contributed by atoms with Crippen LogP contribution in [-0.4, -0.2) is 70.2 Å². The Labute approximate surface area is 230 Å². The SMILES string of the molecule is CCOc1cc(CN2CCc3c(cc(CCN(C)CC(C)O)cc3-c3cc(C)cnc3C)C2=O)ncc1C#N. The molecular formula is C31H37N5O3. The maximum atomic E-state index is 13.9. The number of fused-ring (bicyclic) bond motifs is 1. The Morgan fingerprint density at radius 2 is 1.92 bits per heavy atom. The molecule has 0 aliphatic carbocycles. The number of carbonyl (C=O) groups is 1. The van der Waals surface area contributed by atoms with E-state index >= 15 is 0 Å². The van der Waals surface area contributed by atoms with Gasteiger partial charge in [-0.2, -0.15) is 5.26 Å². The molecule has 0 radical (unpaired) electrons. The summed E-state index contributed by atoms with van der Waals surface area (Å²) in [6.45, 7) is 10.4. The van der Waals surface area contributed by atoms with Crippen LogP contribution in [0.4, 0.5) is 0 Å². The first-order valence-electron chi connectivity index (χ1n) is 13.5. The van der Waals surface area contributed by atoms with Crippen LogP contribution in [0.3, 0.4) is 0 Å². The number of nitriles is 1. The van der Waals surface area contributed by atoms with E-state index in [0.717, 1.165) is 52.9 Å². The molecule has 0 saturated carbocycles. The average Bonchev–Trinajstić information content (AvgIpc) is 2.90. The average molecular weight is 528 g/mol. The minimum Gasteiger partial charge on any atom is -0.492 e. The second-order valence-electron chi connectivity index (χ2n) is 10.4. The first-order chi connectivity index (χ1) is 18.7. The Balaban J connectivity index is 1.69. The maximum absolute atomic E-state index is 13.9. The van der Waals surface area contributed by atoms with Crippen molar-refractivity contribution in [2.75, 3.05) is 33.3 Å². The number of aromatic nitrogens is 2. The number of pyridine rings is 2. The van der Waals surface area contributed by atoms with Crippen molar-refractivity contribution in [3.63, 3.8) is 0 Å². The minimum absolute atomic E-state index is 0.0286. The number of rotatable bonds is 10. The number of hydrogen-bond acceptors (Lipinski definition) is 7. The Kier molecular flexibility index (Phi) is 8.95. The lowest BCUT2D eigenvalue weighted by Gasteiger charge is -2.31. The van der Waals surface area contributed by atoms with Crippen molar-refractivity contribution >= 4 is 5.91 Å². The van der Waals surface area contributed by atoms with Crippen LogP contribution in [0.15, 0.2) is 36.7 Å². The molecule has 3 aromatic rings. The van der Waals surface area contributed by atoms with Gasteiger partial charge in [0.15, 0.2) is 0 Å². The molecule has 0 fully saturated rings. The van der Waals surface area contributed by atoms with E-state index in [-0.39, 0.29) is 5.91 Å². The summed E-state index contributed by atoms with van der Waals surface area (Å²) in [5.41, 5.74) is 8.05. The lowest BCUT2D eigenvalue weighted by atomic mass is 9.86. The summed E-state index contributed by atoms with van der Waals surface area (Å²) >= 11 is 0. The molecule has 1 atom stereocenters. The predicted molar refractivity (Wildman–Crippen MR) is 151 cm³/mol. The van der Waals surface area contributed by atoms with Crippen molar-refractivity contribution in [2.24, 2.45) is 0 Å². The first kappa shape index (κ1) is 28.2. The number of ether oxygens (including phenoxy) is 1. The highest BCUT2D eigenvalue weighted by molar-refractivity contribution is 5.99. The van der Waals surface area contributed by atoms with Crippen LogP contribution >= 0.6 is 0 Å². The van der Waals surface area contributed by atoms with Gasteiger partial charge in [-0.15, -0.1) is 0 Å². The topological polar surface area (TPSA) is 103 Å². The largest absolute Gasteiger partial charge is 0.492 e. The van der Waals surface area contributed by atoms with Crippen LogP contribution in [0.25, 0.3) is 11.1 Å². The van der Waals surface area contributed by atoms with Crippen LogP contribution in [0.1, 0.15) is 57.8 Å². The van der Waals surface area contributed by atoms with Gasteiger partial charge in [-0.3, -0.25) is 14.8 Å². The van der Waals surface area contributed by atoms with Gasteiger partial charge in [-0.25, -0.2) is 0 Å². The Bertz CT molecular complexity index is 1400. The van der Waals surface area contributed by atoms with Crippen LogP contribution in [0.2, 0.25) is 0 Å². The fraction of sp³-hybridized carbons (Fsp3) is 0.419.